The Morgan fingerprint density at radius 1 is 1.03 bits per heavy atom. The molecule has 2 aromatic carbocycles. The molecule has 1 heterocycles. The van der Waals surface area contributed by atoms with Crippen molar-refractivity contribution in [1.29, 1.82) is 0 Å². The molecule has 0 bridgehead atoms. The summed E-state index contributed by atoms with van der Waals surface area (Å²) in [6.45, 7) is 16.4. The maximum absolute atomic E-state index is 12.8. The minimum atomic E-state index is -0.0285. The SMILES string of the molecule is CCCN1CCN([C@H](c2ccc(C(=O)N(CC)CC)cc2)c2cccc(O)c2)C(C)(C)C1. The number of hydrogen-bond acceptors (Lipinski definition) is 4. The van der Waals surface area contributed by atoms with Crippen molar-refractivity contribution < 1.29 is 9.90 Å². The van der Waals surface area contributed by atoms with Crippen LogP contribution in [0.2, 0.25) is 0 Å². The Labute approximate surface area is 193 Å². The molecule has 0 saturated carbocycles. The van der Waals surface area contributed by atoms with Gasteiger partial charge in [0.25, 0.3) is 5.91 Å². The van der Waals surface area contributed by atoms with Gasteiger partial charge < -0.3 is 14.9 Å². The van der Waals surface area contributed by atoms with Crippen LogP contribution in [-0.4, -0.2) is 70.5 Å². The molecular formula is C27H39N3O2. The predicted octanol–water partition coefficient (Wildman–Crippen LogP) is 4.77. The first kappa shape index (κ1) is 24.3. The monoisotopic (exact) mass is 437 g/mol. The average molecular weight is 438 g/mol. The fraction of sp³-hybridized carbons (Fsp3) is 0.519. The first-order valence-electron chi connectivity index (χ1n) is 12.0. The van der Waals surface area contributed by atoms with E-state index < -0.39 is 0 Å². The van der Waals surface area contributed by atoms with E-state index in [1.807, 2.05) is 43.0 Å². The van der Waals surface area contributed by atoms with Crippen molar-refractivity contribution in [2.45, 2.75) is 52.6 Å². The second kappa shape index (κ2) is 10.5. The number of carbonyl (C=O) groups is 1. The molecule has 32 heavy (non-hydrogen) atoms. The predicted molar refractivity (Wildman–Crippen MR) is 131 cm³/mol. The second-order valence-corrected chi connectivity index (χ2v) is 9.38. The van der Waals surface area contributed by atoms with Crippen LogP contribution in [0.4, 0.5) is 0 Å². The molecule has 1 amide bonds. The van der Waals surface area contributed by atoms with Crippen LogP contribution >= 0.6 is 0 Å². The second-order valence-electron chi connectivity index (χ2n) is 9.38. The van der Waals surface area contributed by atoms with Gasteiger partial charge in [-0.15, -0.1) is 0 Å². The summed E-state index contributed by atoms with van der Waals surface area (Å²) in [6.07, 6.45) is 1.16. The van der Waals surface area contributed by atoms with Gasteiger partial charge in [-0.2, -0.15) is 0 Å². The molecule has 1 aliphatic rings. The molecule has 1 aliphatic heterocycles. The zero-order chi connectivity index (χ0) is 23.3. The maximum atomic E-state index is 12.8. The molecule has 5 nitrogen and oxygen atoms in total. The summed E-state index contributed by atoms with van der Waals surface area (Å²) in [5.74, 6) is 0.354. The van der Waals surface area contributed by atoms with Gasteiger partial charge in [0.2, 0.25) is 0 Å². The number of phenolic OH excluding ortho intramolecular Hbond substituents is 1. The van der Waals surface area contributed by atoms with Crippen LogP contribution < -0.4 is 0 Å². The van der Waals surface area contributed by atoms with Crippen LogP contribution in [0.25, 0.3) is 0 Å². The summed E-state index contributed by atoms with van der Waals surface area (Å²) in [5, 5.41) is 10.2. The third-order valence-corrected chi connectivity index (χ3v) is 6.61. The molecule has 0 radical (unpaired) electrons. The van der Waals surface area contributed by atoms with Gasteiger partial charge in [0.15, 0.2) is 0 Å². The third-order valence-electron chi connectivity index (χ3n) is 6.61. The van der Waals surface area contributed by atoms with Gasteiger partial charge in [0.1, 0.15) is 5.75 Å². The van der Waals surface area contributed by atoms with Crippen LogP contribution in [0.3, 0.4) is 0 Å². The number of rotatable bonds is 8. The molecule has 0 aromatic heterocycles. The number of aromatic hydroxyl groups is 1. The lowest BCUT2D eigenvalue weighted by molar-refractivity contribution is -0.00130. The summed E-state index contributed by atoms with van der Waals surface area (Å²) in [6, 6.07) is 15.7. The van der Waals surface area contributed by atoms with E-state index in [9.17, 15) is 9.90 Å². The van der Waals surface area contributed by atoms with Gasteiger partial charge in [-0.25, -0.2) is 0 Å². The Balaban J connectivity index is 1.97. The maximum Gasteiger partial charge on any atom is 0.253 e. The fourth-order valence-corrected chi connectivity index (χ4v) is 5.00. The number of carbonyl (C=O) groups excluding carboxylic acids is 1. The molecule has 5 heteroatoms. The zero-order valence-electron chi connectivity index (χ0n) is 20.3. The van der Waals surface area contributed by atoms with E-state index in [0.29, 0.717) is 13.1 Å². The molecule has 0 spiro atoms. The van der Waals surface area contributed by atoms with E-state index in [-0.39, 0.29) is 23.2 Å². The number of phenols is 1. The van der Waals surface area contributed by atoms with Crippen molar-refractivity contribution in [1.82, 2.24) is 14.7 Å². The lowest BCUT2D eigenvalue weighted by atomic mass is 9.89. The van der Waals surface area contributed by atoms with Crippen LogP contribution in [0.1, 0.15) is 68.6 Å². The zero-order valence-corrected chi connectivity index (χ0v) is 20.3. The molecule has 1 N–H and O–H groups in total. The highest BCUT2D eigenvalue weighted by Crippen LogP contribution is 2.37. The van der Waals surface area contributed by atoms with E-state index in [1.54, 1.807) is 6.07 Å². The molecule has 1 fully saturated rings. The number of hydrogen-bond donors (Lipinski definition) is 1. The molecule has 0 aliphatic carbocycles. The van der Waals surface area contributed by atoms with Gasteiger partial charge in [-0.1, -0.05) is 31.2 Å². The van der Waals surface area contributed by atoms with Crippen molar-refractivity contribution in [3.8, 4) is 5.75 Å². The molecule has 0 unspecified atom stereocenters. The molecular weight excluding hydrogens is 398 g/mol. The summed E-state index contributed by atoms with van der Waals surface area (Å²) in [7, 11) is 0. The normalized spacial score (nSPS) is 17.8. The highest BCUT2D eigenvalue weighted by Gasteiger charge is 2.38. The van der Waals surface area contributed by atoms with Gasteiger partial charge >= 0.3 is 0 Å². The molecule has 2 aromatic rings. The fourth-order valence-electron chi connectivity index (χ4n) is 5.00. The van der Waals surface area contributed by atoms with Crippen molar-refractivity contribution in [3.63, 3.8) is 0 Å². The van der Waals surface area contributed by atoms with Crippen LogP contribution in [0.15, 0.2) is 48.5 Å². The largest absolute Gasteiger partial charge is 0.508 e. The van der Waals surface area contributed by atoms with Gasteiger partial charge in [-0.3, -0.25) is 9.69 Å². The van der Waals surface area contributed by atoms with E-state index in [2.05, 4.69) is 48.8 Å². The quantitative estimate of drug-likeness (QED) is 0.646. The number of amides is 1. The number of piperazine rings is 1. The highest BCUT2D eigenvalue weighted by atomic mass is 16.3. The van der Waals surface area contributed by atoms with Gasteiger partial charge in [0.05, 0.1) is 6.04 Å². The van der Waals surface area contributed by atoms with Crippen molar-refractivity contribution in [2.24, 2.45) is 0 Å². The Hall–Kier alpha value is -2.37. The van der Waals surface area contributed by atoms with Crippen molar-refractivity contribution in [2.75, 3.05) is 39.3 Å². The summed E-state index contributed by atoms with van der Waals surface area (Å²) in [4.78, 5) is 19.7. The van der Waals surface area contributed by atoms with Crippen molar-refractivity contribution in [3.05, 3.63) is 65.2 Å². The highest BCUT2D eigenvalue weighted by molar-refractivity contribution is 5.94. The molecule has 3 rings (SSSR count). The number of nitrogens with zero attached hydrogens (tertiary/aromatic N) is 3. The lowest BCUT2D eigenvalue weighted by Crippen LogP contribution is -2.60. The first-order valence-corrected chi connectivity index (χ1v) is 12.0. The minimum Gasteiger partial charge on any atom is -0.508 e. The third kappa shape index (κ3) is 5.33. The first-order chi connectivity index (χ1) is 15.3. The average Bonchev–Trinajstić information content (AvgIpc) is 2.76. The van der Waals surface area contributed by atoms with Crippen LogP contribution in [0, 0.1) is 0 Å². The molecule has 174 valence electrons. The Morgan fingerprint density at radius 2 is 1.72 bits per heavy atom. The van der Waals surface area contributed by atoms with Gasteiger partial charge in [-0.05, 0) is 76.1 Å². The Morgan fingerprint density at radius 3 is 2.28 bits per heavy atom. The Bertz CT molecular complexity index is 890. The topological polar surface area (TPSA) is 47.0 Å². The number of benzene rings is 2. The van der Waals surface area contributed by atoms with Crippen LogP contribution in [0.5, 0.6) is 5.75 Å². The smallest absolute Gasteiger partial charge is 0.253 e. The lowest BCUT2D eigenvalue weighted by Gasteiger charge is -2.51. The van der Waals surface area contributed by atoms with Gasteiger partial charge in [0, 0.05) is 43.8 Å². The van der Waals surface area contributed by atoms with E-state index >= 15 is 0 Å². The van der Waals surface area contributed by atoms with Crippen LogP contribution in [-0.2, 0) is 0 Å². The Kier molecular flexibility index (Phi) is 7.96. The molecule has 1 atom stereocenters. The standard InChI is InChI=1S/C27H39N3O2/c1-6-16-28-17-18-30(27(4,5)20-28)25(23-10-9-11-24(31)19-23)21-12-14-22(15-13-21)26(32)29(7-2)8-3/h9-15,19,25,31H,6-8,16-18,20H2,1-5H3/t25-/m1/s1. The molecule has 1 saturated heterocycles. The van der Waals surface area contributed by atoms with Crippen molar-refractivity contribution >= 4 is 5.91 Å². The van der Waals surface area contributed by atoms with E-state index in [1.165, 1.54) is 0 Å². The van der Waals surface area contributed by atoms with E-state index in [0.717, 1.165) is 49.3 Å². The summed E-state index contributed by atoms with van der Waals surface area (Å²) in [5.41, 5.74) is 2.91. The minimum absolute atomic E-state index is 0.0125. The summed E-state index contributed by atoms with van der Waals surface area (Å²) < 4.78 is 0. The van der Waals surface area contributed by atoms with E-state index in [4.69, 9.17) is 0 Å². The summed E-state index contributed by atoms with van der Waals surface area (Å²) >= 11 is 0.